The van der Waals surface area contributed by atoms with E-state index in [0.29, 0.717) is 10.2 Å². The average Bonchev–Trinajstić information content (AvgIpc) is 2.79. The Morgan fingerprint density at radius 1 is 1.11 bits per heavy atom. The van der Waals surface area contributed by atoms with E-state index in [1.54, 1.807) is 6.07 Å². The summed E-state index contributed by atoms with van der Waals surface area (Å²) < 4.78 is 2.13. The number of aromatic amines is 1. The lowest BCUT2D eigenvalue weighted by atomic mass is 9.96. The van der Waals surface area contributed by atoms with Crippen molar-refractivity contribution in [2.75, 3.05) is 0 Å². The van der Waals surface area contributed by atoms with Gasteiger partial charge in [0.2, 0.25) is 0 Å². The van der Waals surface area contributed by atoms with Crippen LogP contribution in [0, 0.1) is 0 Å². The number of nitrogens with zero attached hydrogens (tertiary/aromatic N) is 1. The predicted octanol–water partition coefficient (Wildman–Crippen LogP) is 3.04. The third-order valence-corrected chi connectivity index (χ3v) is 4.88. The Kier molecular flexibility index (Phi) is 3.55. The molecule has 0 amide bonds. The van der Waals surface area contributed by atoms with Crippen molar-refractivity contribution in [1.29, 1.82) is 0 Å². The Bertz CT molecular complexity index is 675. The summed E-state index contributed by atoms with van der Waals surface area (Å²) in [4.78, 5) is 27.5. The lowest BCUT2D eigenvalue weighted by molar-refractivity contribution is 0.356. The first-order chi connectivity index (χ1) is 9.27. The Balaban J connectivity index is 2.07. The summed E-state index contributed by atoms with van der Waals surface area (Å²) in [5, 5.41) is 1.85. The van der Waals surface area contributed by atoms with Gasteiger partial charge in [-0.3, -0.25) is 9.36 Å². The van der Waals surface area contributed by atoms with Crippen molar-refractivity contribution in [2.24, 2.45) is 0 Å². The third-order valence-electron chi connectivity index (χ3n) is 3.98. The predicted molar refractivity (Wildman–Crippen MR) is 78.1 cm³/mol. The number of hydrogen-bond acceptors (Lipinski definition) is 3. The van der Waals surface area contributed by atoms with Crippen LogP contribution in [0.3, 0.4) is 0 Å². The first-order valence-corrected chi connectivity index (χ1v) is 7.87. The monoisotopic (exact) mass is 278 g/mol. The van der Waals surface area contributed by atoms with Gasteiger partial charge in [-0.2, -0.15) is 0 Å². The SMILES string of the molecule is O=c1[nH]c2ccsc2c(=O)n1C1CCCCCCC1. The maximum atomic E-state index is 12.5. The smallest absolute Gasteiger partial charge is 0.306 e. The van der Waals surface area contributed by atoms with E-state index in [4.69, 9.17) is 0 Å². The molecular weight excluding hydrogens is 260 g/mol. The average molecular weight is 278 g/mol. The van der Waals surface area contributed by atoms with Crippen LogP contribution in [0.4, 0.5) is 0 Å². The van der Waals surface area contributed by atoms with Crippen LogP contribution in [0.15, 0.2) is 21.0 Å². The van der Waals surface area contributed by atoms with Crippen LogP contribution in [0.1, 0.15) is 51.0 Å². The fourth-order valence-corrected chi connectivity index (χ4v) is 3.76. The second kappa shape index (κ2) is 5.33. The highest BCUT2D eigenvalue weighted by molar-refractivity contribution is 7.17. The minimum absolute atomic E-state index is 0.0723. The zero-order valence-electron chi connectivity index (χ0n) is 10.9. The normalized spacial score (nSPS) is 18.3. The summed E-state index contributed by atoms with van der Waals surface area (Å²) in [6.45, 7) is 0. The highest BCUT2D eigenvalue weighted by Gasteiger charge is 2.18. The molecule has 0 radical (unpaired) electrons. The number of fused-ring (bicyclic) bond motifs is 1. The number of hydrogen-bond donors (Lipinski definition) is 1. The molecule has 0 saturated heterocycles. The molecule has 1 saturated carbocycles. The van der Waals surface area contributed by atoms with Crippen molar-refractivity contribution in [3.8, 4) is 0 Å². The highest BCUT2D eigenvalue weighted by Crippen LogP contribution is 2.25. The molecule has 2 aromatic heterocycles. The molecular formula is C14H18N2O2S. The molecule has 2 aromatic rings. The van der Waals surface area contributed by atoms with Gasteiger partial charge in [0.1, 0.15) is 4.70 Å². The molecule has 1 fully saturated rings. The number of H-pyrrole nitrogens is 1. The van der Waals surface area contributed by atoms with Crippen molar-refractivity contribution < 1.29 is 0 Å². The number of aromatic nitrogens is 2. The highest BCUT2D eigenvalue weighted by atomic mass is 32.1. The van der Waals surface area contributed by atoms with Gasteiger partial charge in [-0.15, -0.1) is 11.3 Å². The maximum absolute atomic E-state index is 12.5. The van der Waals surface area contributed by atoms with E-state index in [9.17, 15) is 9.59 Å². The number of rotatable bonds is 1. The zero-order chi connectivity index (χ0) is 13.2. The van der Waals surface area contributed by atoms with E-state index < -0.39 is 0 Å². The van der Waals surface area contributed by atoms with Crippen molar-refractivity contribution in [1.82, 2.24) is 9.55 Å². The molecule has 102 valence electrons. The minimum Gasteiger partial charge on any atom is -0.306 e. The Morgan fingerprint density at radius 3 is 2.53 bits per heavy atom. The summed E-state index contributed by atoms with van der Waals surface area (Å²) in [6, 6.07) is 1.87. The molecule has 1 aliphatic rings. The molecule has 19 heavy (non-hydrogen) atoms. The van der Waals surface area contributed by atoms with E-state index in [-0.39, 0.29) is 17.3 Å². The molecule has 1 N–H and O–H groups in total. The largest absolute Gasteiger partial charge is 0.329 e. The molecule has 0 spiro atoms. The third kappa shape index (κ3) is 2.39. The quantitative estimate of drug-likeness (QED) is 0.871. The number of thiophene rings is 1. The van der Waals surface area contributed by atoms with Crippen LogP contribution < -0.4 is 11.2 Å². The van der Waals surface area contributed by atoms with E-state index in [2.05, 4.69) is 4.98 Å². The van der Waals surface area contributed by atoms with Crippen LogP contribution in [-0.4, -0.2) is 9.55 Å². The van der Waals surface area contributed by atoms with Gasteiger partial charge in [-0.25, -0.2) is 4.79 Å². The second-order valence-corrected chi connectivity index (χ2v) is 6.18. The molecule has 4 nitrogen and oxygen atoms in total. The summed E-state index contributed by atoms with van der Waals surface area (Å²) in [5.41, 5.74) is 0.308. The number of nitrogens with one attached hydrogen (secondary N) is 1. The van der Waals surface area contributed by atoms with Crippen molar-refractivity contribution in [2.45, 2.75) is 51.0 Å². The van der Waals surface area contributed by atoms with Crippen LogP contribution in [0.5, 0.6) is 0 Å². The van der Waals surface area contributed by atoms with Gasteiger partial charge < -0.3 is 4.98 Å². The summed E-state index contributed by atoms with van der Waals surface area (Å²) in [6.07, 6.45) is 7.81. The van der Waals surface area contributed by atoms with Gasteiger partial charge in [-0.05, 0) is 24.3 Å². The Morgan fingerprint density at radius 2 is 1.79 bits per heavy atom. The van der Waals surface area contributed by atoms with E-state index in [1.165, 1.54) is 35.2 Å². The molecule has 2 heterocycles. The van der Waals surface area contributed by atoms with E-state index in [1.807, 2.05) is 5.38 Å². The van der Waals surface area contributed by atoms with E-state index >= 15 is 0 Å². The standard InChI is InChI=1S/C14H18N2O2S/c17-13-12-11(8-9-19-12)15-14(18)16(13)10-6-4-2-1-3-5-7-10/h8-10H,1-7H2,(H,15,18). The minimum atomic E-state index is -0.249. The Hall–Kier alpha value is -1.36. The fourth-order valence-electron chi connectivity index (χ4n) is 2.97. The van der Waals surface area contributed by atoms with Gasteiger partial charge in [0, 0.05) is 6.04 Å². The molecule has 0 aromatic carbocycles. The maximum Gasteiger partial charge on any atom is 0.329 e. The van der Waals surface area contributed by atoms with Gasteiger partial charge in [0.25, 0.3) is 5.56 Å². The lowest BCUT2D eigenvalue weighted by Crippen LogP contribution is -2.37. The lowest BCUT2D eigenvalue weighted by Gasteiger charge is -2.21. The molecule has 1 aliphatic carbocycles. The fraction of sp³-hybridized carbons (Fsp3) is 0.571. The molecule has 5 heteroatoms. The first-order valence-electron chi connectivity index (χ1n) is 6.99. The summed E-state index contributed by atoms with van der Waals surface area (Å²) in [5.74, 6) is 0. The molecule has 3 rings (SSSR count). The zero-order valence-corrected chi connectivity index (χ0v) is 11.7. The second-order valence-electron chi connectivity index (χ2n) is 5.27. The Labute approximate surface area is 115 Å². The van der Waals surface area contributed by atoms with Crippen LogP contribution in [0.25, 0.3) is 10.2 Å². The van der Waals surface area contributed by atoms with Crippen LogP contribution >= 0.6 is 11.3 Å². The topological polar surface area (TPSA) is 54.9 Å². The van der Waals surface area contributed by atoms with Gasteiger partial charge in [-0.1, -0.05) is 32.1 Å². The van der Waals surface area contributed by atoms with Crippen molar-refractivity contribution in [3.63, 3.8) is 0 Å². The first kappa shape index (κ1) is 12.7. The summed E-state index contributed by atoms with van der Waals surface area (Å²) in [7, 11) is 0. The van der Waals surface area contributed by atoms with Gasteiger partial charge in [0.15, 0.2) is 0 Å². The van der Waals surface area contributed by atoms with Crippen LogP contribution in [-0.2, 0) is 0 Å². The summed E-state index contributed by atoms with van der Waals surface area (Å²) >= 11 is 1.41. The van der Waals surface area contributed by atoms with Crippen molar-refractivity contribution in [3.05, 3.63) is 32.3 Å². The molecule has 0 aliphatic heterocycles. The van der Waals surface area contributed by atoms with Crippen LogP contribution in [0.2, 0.25) is 0 Å². The molecule has 0 bridgehead atoms. The molecule has 0 unspecified atom stereocenters. The van der Waals surface area contributed by atoms with E-state index in [0.717, 1.165) is 25.7 Å². The van der Waals surface area contributed by atoms with Gasteiger partial charge >= 0.3 is 5.69 Å². The van der Waals surface area contributed by atoms with Crippen molar-refractivity contribution >= 4 is 21.6 Å². The molecule has 0 atom stereocenters. The van der Waals surface area contributed by atoms with Gasteiger partial charge in [0.05, 0.1) is 5.52 Å².